The Hall–Kier alpha value is -1.43. The zero-order chi connectivity index (χ0) is 14.7. The maximum Gasteiger partial charge on any atom is 0.418 e. The van der Waals surface area contributed by atoms with Gasteiger partial charge in [-0.3, -0.25) is 0 Å². The van der Waals surface area contributed by atoms with E-state index in [1.807, 2.05) is 13.8 Å². The lowest BCUT2D eigenvalue weighted by Gasteiger charge is -2.32. The molecule has 0 aliphatic carbocycles. The van der Waals surface area contributed by atoms with Crippen molar-refractivity contribution in [1.82, 2.24) is 0 Å². The van der Waals surface area contributed by atoms with Crippen molar-refractivity contribution in [2.75, 3.05) is 17.7 Å². The second-order valence-corrected chi connectivity index (χ2v) is 4.57. The lowest BCUT2D eigenvalue weighted by Crippen LogP contribution is -2.40. The Balaban J connectivity index is 3.10. The molecular weight excluding hydrogens is 257 g/mol. The number of aliphatic hydroxyl groups excluding tert-OH is 1. The molecule has 0 spiro atoms. The first-order valence-corrected chi connectivity index (χ1v) is 6.13. The van der Waals surface area contributed by atoms with Crippen LogP contribution in [0.5, 0.6) is 0 Å². The van der Waals surface area contributed by atoms with Crippen LogP contribution in [-0.2, 0) is 6.18 Å². The Morgan fingerprint density at radius 3 is 2.21 bits per heavy atom. The van der Waals surface area contributed by atoms with E-state index < -0.39 is 17.3 Å². The summed E-state index contributed by atoms with van der Waals surface area (Å²) in [5, 5.41) is 12.4. The van der Waals surface area contributed by atoms with Crippen LogP contribution in [0.25, 0.3) is 0 Å². The van der Waals surface area contributed by atoms with E-state index >= 15 is 0 Å². The van der Waals surface area contributed by atoms with Gasteiger partial charge in [0.15, 0.2) is 0 Å². The van der Waals surface area contributed by atoms with Crippen LogP contribution in [-0.4, -0.2) is 17.3 Å². The molecule has 0 saturated heterocycles. The number of halogens is 3. The molecule has 1 aromatic carbocycles. The van der Waals surface area contributed by atoms with E-state index in [0.717, 1.165) is 6.07 Å². The third-order valence-electron chi connectivity index (χ3n) is 3.42. The number of nitrogens with two attached hydrogens (primary N) is 1. The monoisotopic (exact) mass is 276 g/mol. The maximum atomic E-state index is 12.8. The molecule has 0 aliphatic heterocycles. The van der Waals surface area contributed by atoms with E-state index in [9.17, 15) is 18.3 Å². The highest BCUT2D eigenvalue weighted by Gasteiger charge is 2.34. The predicted molar refractivity (Wildman–Crippen MR) is 69.9 cm³/mol. The van der Waals surface area contributed by atoms with Crippen molar-refractivity contribution in [3.8, 4) is 0 Å². The standard InChI is InChI=1S/C13H19F3N2O/c1-3-12(4-2,8-19)18-9-5-6-11(17)10(7-9)13(14,15)16/h5-7,18-19H,3-4,8,17H2,1-2H3. The maximum absolute atomic E-state index is 12.8. The van der Waals surface area contributed by atoms with Gasteiger partial charge in [-0.2, -0.15) is 13.2 Å². The van der Waals surface area contributed by atoms with Crippen LogP contribution in [0.15, 0.2) is 18.2 Å². The first-order chi connectivity index (χ1) is 8.78. The summed E-state index contributed by atoms with van der Waals surface area (Å²) < 4.78 is 38.3. The summed E-state index contributed by atoms with van der Waals surface area (Å²) in [6, 6.07) is 3.68. The quantitative estimate of drug-likeness (QED) is 0.723. The lowest BCUT2D eigenvalue weighted by atomic mass is 9.93. The summed E-state index contributed by atoms with van der Waals surface area (Å²) in [7, 11) is 0. The summed E-state index contributed by atoms with van der Waals surface area (Å²) in [5.41, 5.74) is 3.86. The van der Waals surface area contributed by atoms with Gasteiger partial charge in [-0.25, -0.2) is 0 Å². The fraction of sp³-hybridized carbons (Fsp3) is 0.538. The Bertz CT molecular complexity index is 420. The van der Waals surface area contributed by atoms with Gasteiger partial charge >= 0.3 is 6.18 Å². The number of nitrogens with one attached hydrogen (secondary N) is 1. The van der Waals surface area contributed by atoms with Gasteiger partial charge in [0.25, 0.3) is 0 Å². The first-order valence-electron chi connectivity index (χ1n) is 6.13. The Kier molecular flexibility index (Phi) is 4.68. The van der Waals surface area contributed by atoms with Gasteiger partial charge in [0.1, 0.15) is 0 Å². The van der Waals surface area contributed by atoms with Crippen LogP contribution >= 0.6 is 0 Å². The number of rotatable bonds is 5. The average Bonchev–Trinajstić information content (AvgIpc) is 2.37. The number of benzene rings is 1. The second-order valence-electron chi connectivity index (χ2n) is 4.57. The molecule has 0 fully saturated rings. The van der Waals surface area contributed by atoms with E-state index in [2.05, 4.69) is 5.32 Å². The van der Waals surface area contributed by atoms with Crippen LogP contribution in [0, 0.1) is 0 Å². The smallest absolute Gasteiger partial charge is 0.398 e. The zero-order valence-electron chi connectivity index (χ0n) is 11.0. The minimum atomic E-state index is -4.48. The van der Waals surface area contributed by atoms with Crippen molar-refractivity contribution in [3.63, 3.8) is 0 Å². The summed E-state index contributed by atoms with van der Waals surface area (Å²) in [6.45, 7) is 3.59. The van der Waals surface area contributed by atoms with Crippen LogP contribution in [0.1, 0.15) is 32.3 Å². The summed E-state index contributed by atoms with van der Waals surface area (Å²) in [6.07, 6.45) is -3.28. The highest BCUT2D eigenvalue weighted by Crippen LogP contribution is 2.36. The van der Waals surface area contributed by atoms with Crippen LogP contribution < -0.4 is 11.1 Å². The van der Waals surface area contributed by atoms with E-state index in [4.69, 9.17) is 5.73 Å². The minimum Gasteiger partial charge on any atom is -0.398 e. The fourth-order valence-corrected chi connectivity index (χ4v) is 1.88. The number of alkyl halides is 3. The topological polar surface area (TPSA) is 58.3 Å². The second kappa shape index (κ2) is 5.69. The van der Waals surface area contributed by atoms with E-state index in [1.54, 1.807) is 0 Å². The van der Waals surface area contributed by atoms with Gasteiger partial charge < -0.3 is 16.2 Å². The van der Waals surface area contributed by atoms with Crippen LogP contribution in [0.3, 0.4) is 0 Å². The van der Waals surface area contributed by atoms with Gasteiger partial charge in [-0.1, -0.05) is 13.8 Å². The van der Waals surface area contributed by atoms with Gasteiger partial charge in [0.05, 0.1) is 17.7 Å². The number of hydrogen-bond donors (Lipinski definition) is 3. The molecule has 0 bridgehead atoms. The molecule has 0 radical (unpaired) electrons. The molecule has 0 heterocycles. The van der Waals surface area contributed by atoms with Crippen molar-refractivity contribution >= 4 is 11.4 Å². The summed E-state index contributed by atoms with van der Waals surface area (Å²) in [5.74, 6) is 0. The van der Waals surface area contributed by atoms with Crippen molar-refractivity contribution < 1.29 is 18.3 Å². The molecule has 4 N–H and O–H groups in total. The Morgan fingerprint density at radius 2 is 1.79 bits per heavy atom. The number of nitrogen functional groups attached to an aromatic ring is 1. The van der Waals surface area contributed by atoms with Crippen LogP contribution in [0.4, 0.5) is 24.5 Å². The number of aliphatic hydroxyl groups is 1. The molecule has 0 amide bonds. The molecule has 0 aliphatic rings. The van der Waals surface area contributed by atoms with Crippen molar-refractivity contribution in [1.29, 1.82) is 0 Å². The molecular formula is C13H19F3N2O. The van der Waals surface area contributed by atoms with Gasteiger partial charge in [-0.15, -0.1) is 0 Å². The average molecular weight is 276 g/mol. The summed E-state index contributed by atoms with van der Waals surface area (Å²) >= 11 is 0. The first kappa shape index (κ1) is 15.6. The highest BCUT2D eigenvalue weighted by molar-refractivity contribution is 5.59. The number of anilines is 2. The van der Waals surface area contributed by atoms with Crippen molar-refractivity contribution in [2.45, 2.75) is 38.4 Å². The third kappa shape index (κ3) is 3.53. The molecule has 3 nitrogen and oxygen atoms in total. The fourth-order valence-electron chi connectivity index (χ4n) is 1.88. The summed E-state index contributed by atoms with van der Waals surface area (Å²) in [4.78, 5) is 0. The molecule has 0 aromatic heterocycles. The molecule has 19 heavy (non-hydrogen) atoms. The normalized spacial score (nSPS) is 12.5. The lowest BCUT2D eigenvalue weighted by molar-refractivity contribution is -0.136. The van der Waals surface area contributed by atoms with Crippen molar-refractivity contribution in [3.05, 3.63) is 23.8 Å². The molecule has 6 heteroatoms. The molecule has 1 aromatic rings. The van der Waals surface area contributed by atoms with Crippen molar-refractivity contribution in [2.24, 2.45) is 0 Å². The Labute approximate surface area is 110 Å². The van der Waals surface area contributed by atoms with E-state index in [1.165, 1.54) is 12.1 Å². The molecule has 108 valence electrons. The Morgan fingerprint density at radius 1 is 1.21 bits per heavy atom. The number of hydrogen-bond acceptors (Lipinski definition) is 3. The van der Waals surface area contributed by atoms with Crippen LogP contribution in [0.2, 0.25) is 0 Å². The van der Waals surface area contributed by atoms with E-state index in [-0.39, 0.29) is 12.3 Å². The minimum absolute atomic E-state index is 0.147. The van der Waals surface area contributed by atoms with Gasteiger partial charge in [0, 0.05) is 11.4 Å². The SMILES string of the molecule is CCC(CC)(CO)Nc1ccc(N)c(C(F)(F)F)c1. The van der Waals surface area contributed by atoms with E-state index in [0.29, 0.717) is 18.5 Å². The van der Waals surface area contributed by atoms with Gasteiger partial charge in [-0.05, 0) is 31.0 Å². The predicted octanol–water partition coefficient (Wildman–Crippen LogP) is 3.25. The molecule has 0 saturated carbocycles. The largest absolute Gasteiger partial charge is 0.418 e. The highest BCUT2D eigenvalue weighted by atomic mass is 19.4. The molecule has 1 rings (SSSR count). The third-order valence-corrected chi connectivity index (χ3v) is 3.42. The molecule has 0 atom stereocenters. The van der Waals surface area contributed by atoms with Gasteiger partial charge in [0.2, 0.25) is 0 Å². The zero-order valence-corrected chi connectivity index (χ0v) is 11.0. The molecule has 0 unspecified atom stereocenters.